The Morgan fingerprint density at radius 1 is 1.03 bits per heavy atom. The van der Waals surface area contributed by atoms with E-state index in [9.17, 15) is 22.9 Å². The lowest BCUT2D eigenvalue weighted by Gasteiger charge is -2.13. The second kappa shape index (κ2) is 10.6. The highest BCUT2D eigenvalue weighted by Crippen LogP contribution is 2.42. The number of carbonyl (C=O) groups excluding carboxylic acids is 1. The molecule has 0 aliphatic carbocycles. The molecule has 4 aromatic rings. The standard InChI is InChI=1S/C26H22ClN3O6S/c1-3-15-12-13-19(27)25(37(33,34)35)22(15)29-30-23-17-9-5-4-8-16(17)14-18(24(23)31)26(32)28-20-10-6-7-11-21(20)36-2/h4-14,31H,3H2,1-2H3,(H,28,32)(H,33,34,35). The maximum Gasteiger partial charge on any atom is 0.298 e. The van der Waals surface area contributed by atoms with E-state index in [2.05, 4.69) is 15.5 Å². The highest BCUT2D eigenvalue weighted by Gasteiger charge is 2.24. The summed E-state index contributed by atoms with van der Waals surface area (Å²) in [6.45, 7) is 1.77. The zero-order chi connectivity index (χ0) is 26.7. The smallest absolute Gasteiger partial charge is 0.298 e. The van der Waals surface area contributed by atoms with Crippen molar-refractivity contribution >= 4 is 55.5 Å². The monoisotopic (exact) mass is 539 g/mol. The van der Waals surface area contributed by atoms with Crippen LogP contribution in [0, 0.1) is 0 Å². The van der Waals surface area contributed by atoms with Crippen molar-refractivity contribution < 1.29 is 27.6 Å². The van der Waals surface area contributed by atoms with Crippen LogP contribution in [0.4, 0.5) is 17.1 Å². The quantitative estimate of drug-likeness (QED) is 0.177. The van der Waals surface area contributed by atoms with Crippen LogP contribution in [0.15, 0.2) is 81.9 Å². The average Bonchev–Trinajstić information content (AvgIpc) is 2.87. The molecule has 0 unspecified atom stereocenters. The van der Waals surface area contributed by atoms with Crippen molar-refractivity contribution in [1.82, 2.24) is 0 Å². The predicted octanol–water partition coefficient (Wildman–Crippen LogP) is 6.68. The van der Waals surface area contributed by atoms with Crippen molar-refractivity contribution in [2.24, 2.45) is 10.2 Å². The third kappa shape index (κ3) is 5.26. The van der Waals surface area contributed by atoms with Crippen LogP contribution in [0.25, 0.3) is 10.8 Å². The van der Waals surface area contributed by atoms with Crippen molar-refractivity contribution in [3.63, 3.8) is 0 Å². The van der Waals surface area contributed by atoms with Gasteiger partial charge in [-0.25, -0.2) is 0 Å². The van der Waals surface area contributed by atoms with Gasteiger partial charge in [0.2, 0.25) is 0 Å². The zero-order valence-electron chi connectivity index (χ0n) is 19.8. The number of aromatic hydroxyl groups is 1. The van der Waals surface area contributed by atoms with Crippen LogP contribution in [0.1, 0.15) is 22.8 Å². The number of ether oxygens (including phenoxy) is 1. The van der Waals surface area contributed by atoms with Gasteiger partial charge in [-0.1, -0.05) is 61.0 Å². The molecule has 9 nitrogen and oxygen atoms in total. The lowest BCUT2D eigenvalue weighted by molar-refractivity contribution is 0.102. The van der Waals surface area contributed by atoms with Crippen molar-refractivity contribution in [2.75, 3.05) is 12.4 Å². The number of fused-ring (bicyclic) bond motifs is 1. The largest absolute Gasteiger partial charge is 0.505 e. The van der Waals surface area contributed by atoms with Crippen molar-refractivity contribution in [3.05, 3.63) is 82.9 Å². The van der Waals surface area contributed by atoms with Crippen molar-refractivity contribution in [1.29, 1.82) is 0 Å². The van der Waals surface area contributed by atoms with Crippen LogP contribution in [0.3, 0.4) is 0 Å². The Morgan fingerprint density at radius 3 is 2.41 bits per heavy atom. The number of methoxy groups -OCH3 is 1. The van der Waals surface area contributed by atoms with Gasteiger partial charge >= 0.3 is 0 Å². The maximum atomic E-state index is 13.2. The van der Waals surface area contributed by atoms with E-state index in [-0.39, 0.29) is 22.0 Å². The number of aryl methyl sites for hydroxylation is 1. The first-order valence-corrected chi connectivity index (χ1v) is 12.9. The number of nitrogens with zero attached hydrogens (tertiary/aromatic N) is 2. The Morgan fingerprint density at radius 2 is 1.70 bits per heavy atom. The maximum absolute atomic E-state index is 13.2. The van der Waals surface area contributed by atoms with E-state index in [1.807, 2.05) is 0 Å². The Bertz CT molecular complexity index is 1650. The van der Waals surface area contributed by atoms with Crippen LogP contribution < -0.4 is 10.1 Å². The van der Waals surface area contributed by atoms with E-state index >= 15 is 0 Å². The van der Waals surface area contributed by atoms with Crippen molar-refractivity contribution in [3.8, 4) is 11.5 Å². The lowest BCUT2D eigenvalue weighted by Crippen LogP contribution is -2.13. The molecule has 0 saturated carbocycles. The first kappa shape index (κ1) is 26.1. The minimum absolute atomic E-state index is 0.0633. The number of phenolic OH excluding ortho intramolecular Hbond substituents is 1. The minimum Gasteiger partial charge on any atom is -0.505 e. The normalized spacial score (nSPS) is 11.7. The Kier molecular flexibility index (Phi) is 7.44. The third-order valence-corrected chi connectivity index (χ3v) is 7.01. The molecule has 0 fully saturated rings. The van der Waals surface area contributed by atoms with Gasteiger partial charge in [0.25, 0.3) is 16.0 Å². The summed E-state index contributed by atoms with van der Waals surface area (Å²) in [4.78, 5) is 12.6. The lowest BCUT2D eigenvalue weighted by atomic mass is 10.0. The molecule has 0 saturated heterocycles. The van der Waals surface area contributed by atoms with E-state index in [1.54, 1.807) is 61.5 Å². The summed E-state index contributed by atoms with van der Waals surface area (Å²) < 4.78 is 39.2. The van der Waals surface area contributed by atoms with E-state index in [4.69, 9.17) is 16.3 Å². The molecule has 1 amide bonds. The summed E-state index contributed by atoms with van der Waals surface area (Å²) in [5.41, 5.74) is 0.538. The molecule has 0 radical (unpaired) electrons. The van der Waals surface area contributed by atoms with Gasteiger partial charge in [-0.05, 0) is 41.6 Å². The molecule has 4 rings (SSSR count). The number of nitrogens with one attached hydrogen (secondary N) is 1. The number of halogens is 1. The molecular formula is C26H22ClN3O6S. The average molecular weight is 540 g/mol. The van der Waals surface area contributed by atoms with E-state index in [0.717, 1.165) is 0 Å². The number of carbonyl (C=O) groups is 1. The fourth-order valence-electron chi connectivity index (χ4n) is 3.86. The first-order chi connectivity index (χ1) is 17.7. The number of phenols is 1. The molecule has 0 aliphatic heterocycles. The molecule has 190 valence electrons. The van der Waals surface area contributed by atoms with Crippen LogP contribution in [0.5, 0.6) is 11.5 Å². The molecule has 11 heteroatoms. The Hall–Kier alpha value is -3.99. The van der Waals surface area contributed by atoms with Crippen LogP contribution in [0.2, 0.25) is 5.02 Å². The summed E-state index contributed by atoms with van der Waals surface area (Å²) in [7, 11) is -3.27. The Labute approximate surface area is 218 Å². The van der Waals surface area contributed by atoms with E-state index < -0.39 is 26.7 Å². The highest BCUT2D eigenvalue weighted by molar-refractivity contribution is 7.86. The second-order valence-corrected chi connectivity index (χ2v) is 9.68. The predicted molar refractivity (Wildman–Crippen MR) is 141 cm³/mol. The summed E-state index contributed by atoms with van der Waals surface area (Å²) in [5, 5.41) is 22.9. The van der Waals surface area contributed by atoms with Gasteiger partial charge in [-0.15, -0.1) is 10.2 Å². The van der Waals surface area contributed by atoms with Gasteiger partial charge in [-0.3, -0.25) is 9.35 Å². The summed E-state index contributed by atoms with van der Waals surface area (Å²) in [5.74, 6) is -0.662. The molecule has 4 aromatic carbocycles. The van der Waals surface area contributed by atoms with Gasteiger partial charge in [0.15, 0.2) is 5.75 Å². The van der Waals surface area contributed by atoms with Gasteiger partial charge < -0.3 is 15.2 Å². The van der Waals surface area contributed by atoms with E-state index in [0.29, 0.717) is 34.2 Å². The van der Waals surface area contributed by atoms with Crippen LogP contribution in [-0.2, 0) is 16.5 Å². The molecular weight excluding hydrogens is 518 g/mol. The molecule has 0 bridgehead atoms. The van der Waals surface area contributed by atoms with Gasteiger partial charge in [-0.2, -0.15) is 8.42 Å². The van der Waals surface area contributed by atoms with E-state index in [1.165, 1.54) is 19.2 Å². The zero-order valence-corrected chi connectivity index (χ0v) is 21.3. The van der Waals surface area contributed by atoms with Gasteiger partial charge in [0.1, 0.15) is 22.0 Å². The number of azo groups is 1. The molecule has 0 heterocycles. The van der Waals surface area contributed by atoms with Crippen LogP contribution in [-0.4, -0.2) is 31.1 Å². The molecule has 3 N–H and O–H groups in total. The second-order valence-electron chi connectivity index (χ2n) is 7.91. The Balaban J connectivity index is 1.88. The van der Waals surface area contributed by atoms with Crippen molar-refractivity contribution in [2.45, 2.75) is 18.2 Å². The summed E-state index contributed by atoms with van der Waals surface area (Å²) in [6, 6.07) is 18.1. The molecule has 37 heavy (non-hydrogen) atoms. The summed E-state index contributed by atoms with van der Waals surface area (Å²) >= 11 is 6.07. The third-order valence-electron chi connectivity index (χ3n) is 5.65. The fourth-order valence-corrected chi connectivity index (χ4v) is 5.03. The molecule has 0 aliphatic rings. The number of anilines is 1. The number of hydrogen-bond acceptors (Lipinski definition) is 7. The molecule has 0 atom stereocenters. The fraction of sp³-hybridized carbons (Fsp3) is 0.115. The number of hydrogen-bond donors (Lipinski definition) is 3. The molecule has 0 aromatic heterocycles. The SMILES string of the molecule is CCc1ccc(Cl)c(S(=O)(=O)O)c1N=Nc1c(O)c(C(=O)Nc2ccccc2OC)cc2ccccc12. The highest BCUT2D eigenvalue weighted by atomic mass is 35.5. The topological polar surface area (TPSA) is 138 Å². The van der Waals surface area contributed by atoms with Crippen LogP contribution >= 0.6 is 11.6 Å². The van der Waals surface area contributed by atoms with Gasteiger partial charge in [0.05, 0.1) is 23.4 Å². The van der Waals surface area contributed by atoms with Gasteiger partial charge in [0, 0.05) is 5.39 Å². The number of amides is 1. The minimum atomic E-state index is -4.74. The summed E-state index contributed by atoms with van der Waals surface area (Å²) in [6.07, 6.45) is 0.363. The number of rotatable bonds is 7. The number of para-hydroxylation sites is 2. The number of benzene rings is 4. The molecule has 0 spiro atoms. The first-order valence-electron chi connectivity index (χ1n) is 11.0.